The number of benzene rings is 3. The number of alkyl halides is 3. The second kappa shape index (κ2) is 13.8. The van der Waals surface area contributed by atoms with Crippen LogP contribution in [-0.2, 0) is 23.0 Å². The van der Waals surface area contributed by atoms with Gasteiger partial charge in [0.15, 0.2) is 9.84 Å². The average molecular weight is 663 g/mol. The van der Waals surface area contributed by atoms with Gasteiger partial charge in [0.1, 0.15) is 41.8 Å². The van der Waals surface area contributed by atoms with Crippen LogP contribution in [0.1, 0.15) is 17.7 Å². The lowest BCUT2D eigenvalue weighted by Crippen LogP contribution is -2.25. The van der Waals surface area contributed by atoms with Crippen LogP contribution in [0.15, 0.2) is 83.5 Å². The van der Waals surface area contributed by atoms with Gasteiger partial charge in [0.2, 0.25) is 0 Å². The molecule has 14 heteroatoms. The third kappa shape index (κ3) is 9.16. The molecule has 0 radical (unpaired) electrons. The zero-order chi connectivity index (χ0) is 32.0. The minimum Gasteiger partial charge on any atom is -0.487 e. The van der Waals surface area contributed by atoms with Gasteiger partial charge in [-0.1, -0.05) is 23.7 Å². The van der Waals surface area contributed by atoms with Crippen molar-refractivity contribution in [1.82, 2.24) is 15.3 Å². The van der Waals surface area contributed by atoms with E-state index in [0.29, 0.717) is 50.3 Å². The Bertz CT molecular complexity index is 1900. The number of halogens is 5. The van der Waals surface area contributed by atoms with Crippen LogP contribution in [0.4, 0.5) is 29.1 Å². The summed E-state index contributed by atoms with van der Waals surface area (Å²) >= 11 is 6.46. The highest BCUT2D eigenvalue weighted by atomic mass is 35.5. The molecule has 0 saturated heterocycles. The van der Waals surface area contributed by atoms with E-state index in [1.165, 1.54) is 18.5 Å². The quantitative estimate of drug-likeness (QED) is 0.0989. The van der Waals surface area contributed by atoms with Crippen molar-refractivity contribution < 1.29 is 35.1 Å². The maximum absolute atomic E-state index is 13.5. The van der Waals surface area contributed by atoms with Crippen molar-refractivity contribution in [1.29, 1.82) is 0 Å². The number of hydrogen-bond acceptors (Lipinski definition) is 8. The minimum atomic E-state index is -4.52. The van der Waals surface area contributed by atoms with E-state index in [0.717, 1.165) is 5.56 Å². The molecule has 0 unspecified atom stereocenters. The summed E-state index contributed by atoms with van der Waals surface area (Å²) < 4.78 is 85.8. The summed E-state index contributed by atoms with van der Waals surface area (Å²) in [7, 11) is -3.83. The molecule has 0 aliphatic heterocycles. The molecule has 236 valence electrons. The van der Waals surface area contributed by atoms with Crippen LogP contribution in [0.5, 0.6) is 5.75 Å². The lowest BCUT2D eigenvalue weighted by atomic mass is 10.1. The predicted octanol–water partition coefficient (Wildman–Crippen LogP) is 7.46. The highest BCUT2D eigenvalue weighted by Gasteiger charge is 2.29. The van der Waals surface area contributed by atoms with Gasteiger partial charge in [0, 0.05) is 23.2 Å². The van der Waals surface area contributed by atoms with Crippen molar-refractivity contribution in [3.8, 4) is 17.1 Å². The standard InChI is InChI=1S/C31H27ClF4N4O4S/c32-26-16-23(5-8-29(26)43-18-20-2-1-3-22(33)14-20)40-30-25-15-21(4-7-27(25)38-19-39-30)28-9-6-24(44-28)17-37-11-13-45(41,42)12-10-31(34,35)36/h1-9,14-16,19,37H,10-13,17-18H2,(H,38,39,40). The van der Waals surface area contributed by atoms with Crippen molar-refractivity contribution in [2.45, 2.75) is 25.7 Å². The Kier molecular flexibility index (Phi) is 9.90. The van der Waals surface area contributed by atoms with E-state index in [2.05, 4.69) is 20.6 Å². The van der Waals surface area contributed by atoms with E-state index in [1.54, 1.807) is 42.5 Å². The molecule has 8 nitrogen and oxygen atoms in total. The van der Waals surface area contributed by atoms with Crippen molar-refractivity contribution in [2.75, 3.05) is 23.4 Å². The summed E-state index contributed by atoms with van der Waals surface area (Å²) in [6.45, 7) is 0.338. The van der Waals surface area contributed by atoms with Crippen LogP contribution < -0.4 is 15.4 Å². The number of anilines is 2. The summed E-state index contributed by atoms with van der Waals surface area (Å²) in [4.78, 5) is 8.73. The maximum Gasteiger partial charge on any atom is 0.390 e. The summed E-state index contributed by atoms with van der Waals surface area (Å²) in [5.74, 6) is 0.335. The Labute approximate surface area is 261 Å². The Morgan fingerprint density at radius 3 is 2.58 bits per heavy atom. The number of aromatic nitrogens is 2. The molecule has 0 fully saturated rings. The first-order chi connectivity index (χ1) is 21.4. The minimum absolute atomic E-state index is 0.0112. The first-order valence-corrected chi connectivity index (χ1v) is 15.9. The predicted molar refractivity (Wildman–Crippen MR) is 164 cm³/mol. The zero-order valence-corrected chi connectivity index (χ0v) is 25.1. The van der Waals surface area contributed by atoms with Gasteiger partial charge in [-0.3, -0.25) is 0 Å². The molecule has 2 heterocycles. The number of hydrogen-bond donors (Lipinski definition) is 2. The van der Waals surface area contributed by atoms with Crippen LogP contribution in [0, 0.1) is 5.82 Å². The highest BCUT2D eigenvalue weighted by molar-refractivity contribution is 7.91. The summed E-state index contributed by atoms with van der Waals surface area (Å²) in [5.41, 5.74) is 2.73. The molecular weight excluding hydrogens is 636 g/mol. The smallest absolute Gasteiger partial charge is 0.390 e. The molecule has 0 atom stereocenters. The molecule has 2 aromatic heterocycles. The zero-order valence-electron chi connectivity index (χ0n) is 23.6. The van der Waals surface area contributed by atoms with Gasteiger partial charge in [-0.25, -0.2) is 22.8 Å². The van der Waals surface area contributed by atoms with Gasteiger partial charge in [-0.15, -0.1) is 0 Å². The molecule has 0 bridgehead atoms. The Hall–Kier alpha value is -4.20. The molecule has 0 amide bonds. The SMILES string of the molecule is O=S(=O)(CCNCc1ccc(-c2ccc3ncnc(Nc4ccc(OCc5cccc(F)c5)c(Cl)c4)c3c2)o1)CCC(F)(F)F. The van der Waals surface area contributed by atoms with Crippen LogP contribution in [-0.4, -0.2) is 42.6 Å². The summed E-state index contributed by atoms with van der Waals surface area (Å²) in [6.07, 6.45) is -4.44. The Balaban J connectivity index is 1.22. The molecule has 0 aliphatic rings. The van der Waals surface area contributed by atoms with Crippen molar-refractivity contribution in [3.63, 3.8) is 0 Å². The van der Waals surface area contributed by atoms with Crippen LogP contribution >= 0.6 is 11.6 Å². The van der Waals surface area contributed by atoms with Gasteiger partial charge >= 0.3 is 6.18 Å². The fourth-order valence-electron chi connectivity index (χ4n) is 4.37. The number of nitrogens with one attached hydrogen (secondary N) is 2. The molecule has 0 saturated carbocycles. The van der Waals surface area contributed by atoms with Gasteiger partial charge in [0.25, 0.3) is 0 Å². The lowest BCUT2D eigenvalue weighted by Gasteiger charge is -2.12. The number of sulfone groups is 1. The molecule has 3 aromatic carbocycles. The van der Waals surface area contributed by atoms with Crippen LogP contribution in [0.2, 0.25) is 5.02 Å². The first-order valence-electron chi connectivity index (χ1n) is 13.7. The Morgan fingerprint density at radius 1 is 0.956 bits per heavy atom. The normalized spacial score (nSPS) is 12.0. The summed E-state index contributed by atoms with van der Waals surface area (Å²) in [6, 6.07) is 20.3. The van der Waals surface area contributed by atoms with Gasteiger partial charge in [-0.2, -0.15) is 13.2 Å². The molecule has 45 heavy (non-hydrogen) atoms. The largest absolute Gasteiger partial charge is 0.487 e. The number of nitrogens with zero attached hydrogens (tertiary/aromatic N) is 2. The van der Waals surface area contributed by atoms with Crippen LogP contribution in [0.25, 0.3) is 22.2 Å². The molecule has 5 aromatic rings. The third-order valence-electron chi connectivity index (χ3n) is 6.65. The van der Waals surface area contributed by atoms with E-state index in [9.17, 15) is 26.0 Å². The van der Waals surface area contributed by atoms with Crippen molar-refractivity contribution in [2.24, 2.45) is 0 Å². The molecule has 0 aliphatic carbocycles. The number of rotatable bonds is 13. The van der Waals surface area contributed by atoms with Gasteiger partial charge < -0.3 is 19.8 Å². The number of furan rings is 1. The van der Waals surface area contributed by atoms with E-state index < -0.39 is 33.9 Å². The summed E-state index contributed by atoms with van der Waals surface area (Å²) in [5, 5.41) is 7.20. The van der Waals surface area contributed by atoms with Crippen molar-refractivity contribution >= 4 is 43.8 Å². The third-order valence-corrected chi connectivity index (χ3v) is 8.59. The molecule has 0 spiro atoms. The fraction of sp³-hybridized carbons (Fsp3) is 0.226. The number of ether oxygens (including phenoxy) is 1. The van der Waals surface area contributed by atoms with E-state index in [4.69, 9.17) is 20.8 Å². The van der Waals surface area contributed by atoms with Gasteiger partial charge in [-0.05, 0) is 66.2 Å². The lowest BCUT2D eigenvalue weighted by molar-refractivity contribution is -0.129. The van der Waals surface area contributed by atoms with Crippen LogP contribution in [0.3, 0.4) is 0 Å². The molecule has 2 N–H and O–H groups in total. The monoisotopic (exact) mass is 662 g/mol. The maximum atomic E-state index is 13.5. The fourth-order valence-corrected chi connectivity index (χ4v) is 5.81. The second-order valence-corrected chi connectivity index (χ2v) is 12.8. The topological polar surface area (TPSA) is 106 Å². The number of fused-ring (bicyclic) bond motifs is 1. The average Bonchev–Trinajstić information content (AvgIpc) is 3.47. The highest BCUT2D eigenvalue weighted by Crippen LogP contribution is 2.33. The molecular formula is C31H27ClF4N4O4S. The first kappa shape index (κ1) is 32.2. The second-order valence-electron chi connectivity index (χ2n) is 10.1. The van der Waals surface area contributed by atoms with E-state index in [1.807, 2.05) is 18.2 Å². The van der Waals surface area contributed by atoms with E-state index in [-0.39, 0.29) is 25.5 Å². The molecule has 5 rings (SSSR count). The Morgan fingerprint density at radius 2 is 1.80 bits per heavy atom. The van der Waals surface area contributed by atoms with E-state index >= 15 is 0 Å². The van der Waals surface area contributed by atoms with Gasteiger partial charge in [0.05, 0.1) is 35.0 Å². The van der Waals surface area contributed by atoms with Crippen molar-refractivity contribution in [3.05, 3.63) is 101 Å².